The van der Waals surface area contributed by atoms with Gasteiger partial charge in [0.25, 0.3) is 5.91 Å². The minimum Gasteiger partial charge on any atom is -0.493 e. The number of aromatic hydroxyl groups is 1. The summed E-state index contributed by atoms with van der Waals surface area (Å²) in [4.78, 5) is 28.7. The maximum absolute atomic E-state index is 13.1. The zero-order valence-electron chi connectivity index (χ0n) is 19.0. The standard InChI is InChI=1S/C27H20Br2N4O3/c1-16(12-17-8-4-2-5-9-17)13-22(30-25(34)18-10-6-3-7-11-18)26(35)33-32-24-20-14-19(28)15-21(29)23(20)31-27(24)36/h2-15,31,36H,1H3,(H,30,34). The number of fused-ring (bicyclic) bond motifs is 1. The van der Waals surface area contributed by atoms with E-state index >= 15 is 0 Å². The number of benzene rings is 3. The molecule has 0 radical (unpaired) electrons. The van der Waals surface area contributed by atoms with Crippen LogP contribution in [0.2, 0.25) is 0 Å². The summed E-state index contributed by atoms with van der Waals surface area (Å²) in [7, 11) is 0. The van der Waals surface area contributed by atoms with Gasteiger partial charge in [0, 0.05) is 19.9 Å². The van der Waals surface area contributed by atoms with E-state index in [2.05, 4.69) is 52.4 Å². The second kappa shape index (κ2) is 11.3. The Bertz CT molecular complexity index is 1530. The Morgan fingerprint density at radius 2 is 1.67 bits per heavy atom. The van der Waals surface area contributed by atoms with Crippen LogP contribution in [0.1, 0.15) is 22.8 Å². The third-order valence-corrected chi connectivity index (χ3v) is 6.18. The molecule has 2 amide bonds. The van der Waals surface area contributed by atoms with Crippen LogP contribution in [0.3, 0.4) is 0 Å². The van der Waals surface area contributed by atoms with Gasteiger partial charge in [0.1, 0.15) is 5.70 Å². The Labute approximate surface area is 223 Å². The van der Waals surface area contributed by atoms with Crippen molar-refractivity contribution in [2.75, 3.05) is 0 Å². The highest BCUT2D eigenvalue weighted by atomic mass is 79.9. The van der Waals surface area contributed by atoms with Crippen LogP contribution in [0.15, 0.2) is 109 Å². The van der Waals surface area contributed by atoms with Crippen LogP contribution in [0.4, 0.5) is 5.69 Å². The molecule has 1 heterocycles. The van der Waals surface area contributed by atoms with Crippen LogP contribution in [0.25, 0.3) is 17.0 Å². The number of hydrogen-bond acceptors (Lipinski definition) is 4. The molecule has 3 aromatic carbocycles. The van der Waals surface area contributed by atoms with Crippen LogP contribution in [-0.2, 0) is 4.79 Å². The van der Waals surface area contributed by atoms with Gasteiger partial charge in [0.05, 0.1) is 5.52 Å². The van der Waals surface area contributed by atoms with E-state index in [0.717, 1.165) is 15.6 Å². The molecule has 9 heteroatoms. The van der Waals surface area contributed by atoms with E-state index in [4.69, 9.17) is 0 Å². The molecule has 0 atom stereocenters. The van der Waals surface area contributed by atoms with Crippen molar-refractivity contribution in [3.05, 3.63) is 110 Å². The second-order valence-corrected chi connectivity index (χ2v) is 9.58. The number of H-pyrrole nitrogens is 1. The molecule has 0 spiro atoms. The molecule has 7 nitrogen and oxygen atoms in total. The van der Waals surface area contributed by atoms with Crippen LogP contribution in [0.5, 0.6) is 5.88 Å². The molecule has 4 aromatic rings. The van der Waals surface area contributed by atoms with E-state index in [-0.39, 0.29) is 17.3 Å². The van der Waals surface area contributed by atoms with Crippen molar-refractivity contribution < 1.29 is 14.7 Å². The minimum atomic E-state index is -0.775. The maximum Gasteiger partial charge on any atom is 0.311 e. The van der Waals surface area contributed by atoms with Crippen molar-refractivity contribution in [2.45, 2.75) is 6.92 Å². The molecule has 0 fully saturated rings. The quantitative estimate of drug-likeness (QED) is 0.120. The minimum absolute atomic E-state index is 0.0565. The van der Waals surface area contributed by atoms with Gasteiger partial charge in [-0.15, -0.1) is 10.2 Å². The molecule has 4 rings (SSSR count). The lowest BCUT2D eigenvalue weighted by molar-refractivity contribution is -0.115. The van der Waals surface area contributed by atoms with Crippen molar-refractivity contribution in [3.8, 4) is 5.88 Å². The predicted molar refractivity (Wildman–Crippen MR) is 147 cm³/mol. The molecule has 1 aromatic heterocycles. The summed E-state index contributed by atoms with van der Waals surface area (Å²) in [5, 5.41) is 21.4. The van der Waals surface area contributed by atoms with Gasteiger partial charge in [0.15, 0.2) is 5.69 Å². The summed E-state index contributed by atoms with van der Waals surface area (Å²) < 4.78 is 1.45. The van der Waals surface area contributed by atoms with E-state index < -0.39 is 11.8 Å². The average Bonchev–Trinajstić information content (AvgIpc) is 3.18. The van der Waals surface area contributed by atoms with E-state index in [9.17, 15) is 14.7 Å². The van der Waals surface area contributed by atoms with Gasteiger partial charge in [-0.1, -0.05) is 70.5 Å². The number of rotatable bonds is 6. The fourth-order valence-corrected chi connectivity index (χ4v) is 4.78. The number of halogens is 2. The van der Waals surface area contributed by atoms with Gasteiger partial charge in [-0.3, -0.25) is 9.59 Å². The Morgan fingerprint density at radius 1 is 1.00 bits per heavy atom. The molecule has 180 valence electrons. The molecule has 0 saturated carbocycles. The molecule has 0 aliphatic carbocycles. The van der Waals surface area contributed by atoms with Crippen LogP contribution in [0, 0.1) is 0 Å². The van der Waals surface area contributed by atoms with Crippen LogP contribution < -0.4 is 5.32 Å². The van der Waals surface area contributed by atoms with Crippen molar-refractivity contribution in [2.24, 2.45) is 10.2 Å². The van der Waals surface area contributed by atoms with Gasteiger partial charge in [-0.05, 0) is 64.3 Å². The smallest absolute Gasteiger partial charge is 0.311 e. The summed E-state index contributed by atoms with van der Waals surface area (Å²) in [6, 6.07) is 21.7. The molecule has 36 heavy (non-hydrogen) atoms. The first-order valence-electron chi connectivity index (χ1n) is 10.8. The van der Waals surface area contributed by atoms with E-state index in [0.29, 0.717) is 20.9 Å². The molecular weight excluding hydrogens is 588 g/mol. The number of aromatic nitrogens is 1. The van der Waals surface area contributed by atoms with Gasteiger partial charge in [-0.25, -0.2) is 0 Å². The third kappa shape index (κ3) is 6.05. The second-order valence-electron chi connectivity index (χ2n) is 7.81. The van der Waals surface area contributed by atoms with Crippen molar-refractivity contribution >= 4 is 66.3 Å². The zero-order chi connectivity index (χ0) is 25.7. The number of aromatic amines is 1. The average molecular weight is 608 g/mol. The molecule has 0 unspecified atom stereocenters. The Hall–Kier alpha value is -3.82. The van der Waals surface area contributed by atoms with Gasteiger partial charge < -0.3 is 15.4 Å². The molecule has 3 N–H and O–H groups in total. The Kier molecular flexibility index (Phi) is 7.92. The highest BCUT2D eigenvalue weighted by Gasteiger charge is 2.17. The monoisotopic (exact) mass is 606 g/mol. The van der Waals surface area contributed by atoms with Gasteiger partial charge >= 0.3 is 5.91 Å². The molecule has 0 bridgehead atoms. The van der Waals surface area contributed by atoms with Crippen molar-refractivity contribution in [1.29, 1.82) is 0 Å². The van der Waals surface area contributed by atoms with Gasteiger partial charge in [0.2, 0.25) is 5.88 Å². The first-order chi connectivity index (χ1) is 17.3. The normalized spacial score (nSPS) is 12.3. The number of nitrogens with one attached hydrogen (secondary N) is 2. The number of carbonyl (C=O) groups excluding carboxylic acids is 2. The molecular formula is C27H20Br2N4O3. The number of nitrogens with zero attached hydrogens (tertiary/aromatic N) is 2. The lowest BCUT2D eigenvalue weighted by atomic mass is 10.1. The van der Waals surface area contributed by atoms with Crippen LogP contribution >= 0.6 is 31.9 Å². The fraction of sp³-hybridized carbons (Fsp3) is 0.0370. The first-order valence-corrected chi connectivity index (χ1v) is 12.4. The lowest BCUT2D eigenvalue weighted by Crippen LogP contribution is -2.26. The van der Waals surface area contributed by atoms with Crippen molar-refractivity contribution in [1.82, 2.24) is 10.3 Å². The highest BCUT2D eigenvalue weighted by Crippen LogP contribution is 2.40. The van der Waals surface area contributed by atoms with Gasteiger partial charge in [-0.2, -0.15) is 0 Å². The van der Waals surface area contributed by atoms with E-state index in [1.807, 2.05) is 49.4 Å². The number of carbonyl (C=O) groups is 2. The summed E-state index contributed by atoms with van der Waals surface area (Å²) in [6.07, 6.45) is 3.41. The largest absolute Gasteiger partial charge is 0.493 e. The fourth-order valence-electron chi connectivity index (χ4n) is 3.46. The molecule has 0 aliphatic rings. The van der Waals surface area contributed by atoms with E-state index in [1.54, 1.807) is 36.4 Å². The molecule has 0 aliphatic heterocycles. The van der Waals surface area contributed by atoms with E-state index in [1.165, 1.54) is 6.08 Å². The zero-order valence-corrected chi connectivity index (χ0v) is 22.2. The first kappa shape index (κ1) is 25.3. The topological polar surface area (TPSA) is 107 Å². The number of azo groups is 1. The summed E-state index contributed by atoms with van der Waals surface area (Å²) in [6.45, 7) is 1.81. The number of amides is 2. The highest BCUT2D eigenvalue weighted by molar-refractivity contribution is 9.11. The predicted octanol–water partition coefficient (Wildman–Crippen LogP) is 7.43. The SMILES string of the molecule is CC(=Cc1ccccc1)C=C(NC(=O)c1ccccc1)C(=O)N=Nc1c(O)[nH]c2c(Br)cc(Br)cc12. The Morgan fingerprint density at radius 3 is 2.36 bits per heavy atom. The number of allylic oxidation sites excluding steroid dienone is 2. The van der Waals surface area contributed by atoms with Crippen molar-refractivity contribution in [3.63, 3.8) is 0 Å². The molecule has 0 saturated heterocycles. The summed E-state index contributed by atoms with van der Waals surface area (Å²) in [5.74, 6) is -1.47. The third-order valence-electron chi connectivity index (χ3n) is 5.10. The lowest BCUT2D eigenvalue weighted by Gasteiger charge is -2.07. The number of hydrogen-bond donors (Lipinski definition) is 3. The van der Waals surface area contributed by atoms with Crippen LogP contribution in [-0.4, -0.2) is 21.9 Å². The summed E-state index contributed by atoms with van der Waals surface area (Å²) >= 11 is 6.83. The Balaban J connectivity index is 1.68. The maximum atomic E-state index is 13.1. The summed E-state index contributed by atoms with van der Waals surface area (Å²) in [5.41, 5.74) is 2.70.